The number of esters is 1. The number of allylic oxidation sites excluding steroid dienone is 2. The number of carbonyl (C=O) groups excluding carboxylic acids is 1. The van der Waals surface area contributed by atoms with Crippen molar-refractivity contribution < 1.29 is 9.53 Å². The molecular formula is C30H49NO2. The van der Waals surface area contributed by atoms with Crippen LogP contribution in [0, 0.1) is 11.8 Å². The van der Waals surface area contributed by atoms with Crippen molar-refractivity contribution in [3.05, 3.63) is 24.3 Å². The van der Waals surface area contributed by atoms with Crippen LogP contribution in [0.3, 0.4) is 0 Å². The maximum atomic E-state index is 11.8. The lowest BCUT2D eigenvalue weighted by atomic mass is 9.80. The van der Waals surface area contributed by atoms with E-state index in [1.54, 1.807) is 6.92 Å². The van der Waals surface area contributed by atoms with Gasteiger partial charge in [0.2, 0.25) is 0 Å². The van der Waals surface area contributed by atoms with E-state index < -0.39 is 0 Å². The quantitative estimate of drug-likeness (QED) is 0.223. The lowest BCUT2D eigenvalue weighted by Crippen LogP contribution is -2.51. The molecule has 0 aromatic carbocycles. The molecule has 4 aliphatic rings. The molecule has 0 radical (unpaired) electrons. The van der Waals surface area contributed by atoms with Gasteiger partial charge in [0.25, 0.3) is 0 Å². The molecule has 0 aromatic rings. The van der Waals surface area contributed by atoms with Gasteiger partial charge in [-0.15, -0.1) is 0 Å². The van der Waals surface area contributed by atoms with E-state index in [1.807, 2.05) is 0 Å². The summed E-state index contributed by atoms with van der Waals surface area (Å²) in [5.74, 6) is 1.23. The normalized spacial score (nSPS) is 32.8. The van der Waals surface area contributed by atoms with Crippen LogP contribution < -0.4 is 0 Å². The first-order valence-corrected chi connectivity index (χ1v) is 14.4. The molecule has 0 spiro atoms. The fraction of sp³-hybridized carbons (Fsp3) is 0.833. The van der Waals surface area contributed by atoms with Gasteiger partial charge in [-0.1, -0.05) is 57.3 Å². The fourth-order valence-corrected chi connectivity index (χ4v) is 7.21. The molecule has 0 heterocycles. The molecule has 3 nitrogen and oxygen atoms in total. The van der Waals surface area contributed by atoms with Crippen LogP contribution in [0.1, 0.15) is 122 Å². The number of carbonyl (C=O) groups is 1. The highest BCUT2D eigenvalue weighted by molar-refractivity contribution is 5.87. The van der Waals surface area contributed by atoms with Crippen molar-refractivity contribution in [2.45, 2.75) is 147 Å². The van der Waals surface area contributed by atoms with E-state index in [0.29, 0.717) is 11.5 Å². The molecule has 186 valence electrons. The van der Waals surface area contributed by atoms with Crippen LogP contribution in [0.15, 0.2) is 24.3 Å². The van der Waals surface area contributed by atoms with Gasteiger partial charge in [-0.25, -0.2) is 4.79 Å². The number of rotatable bonds is 7. The molecule has 0 saturated heterocycles. The minimum Gasteiger partial charge on any atom is -0.459 e. The summed E-state index contributed by atoms with van der Waals surface area (Å²) in [7, 11) is 0. The van der Waals surface area contributed by atoms with Gasteiger partial charge < -0.3 is 4.74 Å². The lowest BCUT2D eigenvalue weighted by Gasteiger charge is -2.48. The Bertz CT molecular complexity index is 624. The fourth-order valence-electron chi connectivity index (χ4n) is 7.21. The molecule has 0 unspecified atom stereocenters. The Morgan fingerprint density at radius 1 is 0.667 bits per heavy atom. The number of hydrogen-bond acceptors (Lipinski definition) is 3. The molecule has 0 aliphatic heterocycles. The Kier molecular flexibility index (Phi) is 9.53. The monoisotopic (exact) mass is 455 g/mol. The summed E-state index contributed by atoms with van der Waals surface area (Å²) in [5, 5.41) is 0. The Morgan fingerprint density at radius 2 is 1.09 bits per heavy atom. The van der Waals surface area contributed by atoms with E-state index in [-0.39, 0.29) is 12.1 Å². The molecule has 0 bridgehead atoms. The minimum absolute atomic E-state index is 0.0971. The zero-order valence-electron chi connectivity index (χ0n) is 21.3. The van der Waals surface area contributed by atoms with Gasteiger partial charge in [-0.2, -0.15) is 0 Å². The van der Waals surface area contributed by atoms with Crippen molar-refractivity contribution in [2.24, 2.45) is 11.8 Å². The zero-order chi connectivity index (χ0) is 23.0. The maximum absolute atomic E-state index is 11.8. The third-order valence-electron chi connectivity index (χ3n) is 9.15. The van der Waals surface area contributed by atoms with Crippen LogP contribution in [0.5, 0.6) is 0 Å². The predicted octanol–water partition coefficient (Wildman–Crippen LogP) is 7.75. The first kappa shape index (κ1) is 25.0. The van der Waals surface area contributed by atoms with E-state index in [0.717, 1.165) is 49.7 Å². The SMILES string of the molecule is C=C(C)C(=O)OC1CCC(C=CC2CCC(N(C3CCCCC3)C3CCCCC3)CC2)CC1. The minimum atomic E-state index is -0.221. The van der Waals surface area contributed by atoms with E-state index in [1.165, 1.54) is 89.9 Å². The molecule has 0 aromatic heterocycles. The zero-order valence-corrected chi connectivity index (χ0v) is 21.3. The summed E-state index contributed by atoms with van der Waals surface area (Å²) < 4.78 is 5.56. The third kappa shape index (κ3) is 7.20. The van der Waals surface area contributed by atoms with Crippen LogP contribution in [0.4, 0.5) is 0 Å². The first-order valence-electron chi connectivity index (χ1n) is 14.4. The molecule has 4 rings (SSSR count). The highest BCUT2D eigenvalue weighted by atomic mass is 16.5. The van der Waals surface area contributed by atoms with Gasteiger partial charge in [-0.3, -0.25) is 4.90 Å². The van der Waals surface area contributed by atoms with Crippen LogP contribution in [0.2, 0.25) is 0 Å². The van der Waals surface area contributed by atoms with E-state index in [4.69, 9.17) is 4.74 Å². The Morgan fingerprint density at radius 3 is 1.55 bits per heavy atom. The predicted molar refractivity (Wildman–Crippen MR) is 137 cm³/mol. The largest absolute Gasteiger partial charge is 0.459 e. The second-order valence-electron chi connectivity index (χ2n) is 11.7. The standard InChI is InChI=1S/C30H49NO2/c1-23(2)30(32)33-29-21-17-25(18-22-29)14-13-24-15-19-28(20-16-24)31(26-9-5-3-6-10-26)27-11-7-4-8-12-27/h13-14,24-29H,1,3-12,15-22H2,2H3. The van der Waals surface area contributed by atoms with E-state index >= 15 is 0 Å². The van der Waals surface area contributed by atoms with Crippen molar-refractivity contribution in [2.75, 3.05) is 0 Å². The molecule has 0 atom stereocenters. The number of hydrogen-bond donors (Lipinski definition) is 0. The molecule has 3 heteroatoms. The highest BCUT2D eigenvalue weighted by Crippen LogP contribution is 2.38. The van der Waals surface area contributed by atoms with Crippen molar-refractivity contribution in [1.82, 2.24) is 4.90 Å². The summed E-state index contributed by atoms with van der Waals surface area (Å²) in [5.41, 5.74) is 0.512. The van der Waals surface area contributed by atoms with Crippen molar-refractivity contribution in [3.63, 3.8) is 0 Å². The average molecular weight is 456 g/mol. The molecule has 4 aliphatic carbocycles. The van der Waals surface area contributed by atoms with Gasteiger partial charge in [0.15, 0.2) is 0 Å². The highest BCUT2D eigenvalue weighted by Gasteiger charge is 2.35. The topological polar surface area (TPSA) is 29.5 Å². The molecule has 4 fully saturated rings. The number of ether oxygens (including phenoxy) is 1. The van der Waals surface area contributed by atoms with Crippen LogP contribution in [-0.4, -0.2) is 35.1 Å². The Balaban J connectivity index is 1.23. The summed E-state index contributed by atoms with van der Waals surface area (Å²) in [6, 6.07) is 2.61. The van der Waals surface area contributed by atoms with Crippen molar-refractivity contribution in [3.8, 4) is 0 Å². The second-order valence-corrected chi connectivity index (χ2v) is 11.7. The van der Waals surface area contributed by atoms with Crippen LogP contribution in [0.25, 0.3) is 0 Å². The van der Waals surface area contributed by atoms with Crippen LogP contribution in [-0.2, 0) is 9.53 Å². The smallest absolute Gasteiger partial charge is 0.333 e. The summed E-state index contributed by atoms with van der Waals surface area (Å²) >= 11 is 0. The second kappa shape index (κ2) is 12.6. The summed E-state index contributed by atoms with van der Waals surface area (Å²) in [6.07, 6.45) is 29.6. The number of nitrogens with zero attached hydrogens (tertiary/aromatic N) is 1. The molecule has 4 saturated carbocycles. The van der Waals surface area contributed by atoms with Crippen LogP contribution >= 0.6 is 0 Å². The van der Waals surface area contributed by atoms with Gasteiger partial charge in [0.1, 0.15) is 6.10 Å². The van der Waals surface area contributed by atoms with E-state index in [9.17, 15) is 4.79 Å². The lowest BCUT2D eigenvalue weighted by molar-refractivity contribution is -0.145. The maximum Gasteiger partial charge on any atom is 0.333 e. The van der Waals surface area contributed by atoms with Gasteiger partial charge >= 0.3 is 5.97 Å². The van der Waals surface area contributed by atoms with Crippen molar-refractivity contribution in [1.29, 1.82) is 0 Å². The molecule has 0 amide bonds. The summed E-state index contributed by atoms with van der Waals surface area (Å²) in [4.78, 5) is 14.9. The Hall–Kier alpha value is -1.09. The molecule has 33 heavy (non-hydrogen) atoms. The third-order valence-corrected chi connectivity index (χ3v) is 9.15. The molecular weight excluding hydrogens is 406 g/mol. The molecule has 0 N–H and O–H groups in total. The first-order chi connectivity index (χ1) is 16.1. The van der Waals surface area contributed by atoms with Gasteiger partial charge in [0.05, 0.1) is 0 Å². The van der Waals surface area contributed by atoms with Crippen molar-refractivity contribution >= 4 is 5.97 Å². The van der Waals surface area contributed by atoms with Gasteiger partial charge in [0, 0.05) is 23.7 Å². The van der Waals surface area contributed by atoms with E-state index in [2.05, 4.69) is 23.6 Å². The average Bonchev–Trinajstić information content (AvgIpc) is 2.86. The Labute approximate surface area is 203 Å². The summed E-state index contributed by atoms with van der Waals surface area (Å²) in [6.45, 7) is 5.43. The van der Waals surface area contributed by atoms with Gasteiger partial charge in [-0.05, 0) is 95.8 Å².